The molecule has 2 aromatic carbocycles. The van der Waals surface area contributed by atoms with E-state index < -0.39 is 10.0 Å². The van der Waals surface area contributed by atoms with E-state index in [-0.39, 0.29) is 29.3 Å². The van der Waals surface area contributed by atoms with E-state index in [1.807, 2.05) is 11.8 Å². The predicted octanol–water partition coefficient (Wildman–Crippen LogP) is 3.12. The van der Waals surface area contributed by atoms with Gasteiger partial charge in [0.25, 0.3) is 15.9 Å². The van der Waals surface area contributed by atoms with Gasteiger partial charge in [-0.15, -0.1) is 12.4 Å². The molecule has 152 valence electrons. The van der Waals surface area contributed by atoms with Gasteiger partial charge in [0.1, 0.15) is 0 Å². The van der Waals surface area contributed by atoms with Crippen LogP contribution in [-0.2, 0) is 10.0 Å². The van der Waals surface area contributed by atoms with Crippen molar-refractivity contribution in [2.75, 3.05) is 24.4 Å². The van der Waals surface area contributed by atoms with Crippen LogP contribution >= 0.6 is 12.4 Å². The summed E-state index contributed by atoms with van der Waals surface area (Å²) in [7, 11) is -3.69. The molecule has 1 aliphatic heterocycles. The van der Waals surface area contributed by atoms with E-state index >= 15 is 0 Å². The summed E-state index contributed by atoms with van der Waals surface area (Å²) in [6.45, 7) is 4.44. The summed E-state index contributed by atoms with van der Waals surface area (Å²) in [5, 5.41) is 3.29. The topological polar surface area (TPSA) is 78.5 Å². The van der Waals surface area contributed by atoms with Crippen molar-refractivity contribution < 1.29 is 13.2 Å². The first-order valence-electron chi connectivity index (χ1n) is 9.21. The Morgan fingerprint density at radius 1 is 1.18 bits per heavy atom. The molecule has 1 amide bonds. The highest BCUT2D eigenvalue weighted by atomic mass is 35.5. The molecule has 28 heavy (non-hydrogen) atoms. The molecule has 3 rings (SSSR count). The Labute approximate surface area is 172 Å². The first-order chi connectivity index (χ1) is 13.0. The van der Waals surface area contributed by atoms with Gasteiger partial charge in [0.05, 0.1) is 4.90 Å². The Morgan fingerprint density at radius 3 is 2.57 bits per heavy atom. The fourth-order valence-electron chi connectivity index (χ4n) is 3.29. The molecule has 1 fully saturated rings. The number of carbonyl (C=O) groups excluding carboxylic acids is 1. The van der Waals surface area contributed by atoms with Gasteiger partial charge >= 0.3 is 0 Å². The molecule has 0 spiro atoms. The van der Waals surface area contributed by atoms with Gasteiger partial charge in [-0.05, 0) is 49.7 Å². The van der Waals surface area contributed by atoms with Gasteiger partial charge < -0.3 is 10.2 Å². The number of anilines is 1. The average molecular weight is 424 g/mol. The van der Waals surface area contributed by atoms with Gasteiger partial charge in [0.15, 0.2) is 0 Å². The molecule has 2 aromatic rings. The lowest BCUT2D eigenvalue weighted by Gasteiger charge is -2.28. The van der Waals surface area contributed by atoms with Crippen molar-refractivity contribution in [3.05, 3.63) is 60.2 Å². The van der Waals surface area contributed by atoms with Crippen molar-refractivity contribution in [1.82, 2.24) is 10.2 Å². The quantitative estimate of drug-likeness (QED) is 0.717. The van der Waals surface area contributed by atoms with E-state index in [0.717, 1.165) is 25.9 Å². The minimum atomic E-state index is -3.69. The zero-order chi connectivity index (χ0) is 19.3. The van der Waals surface area contributed by atoms with Crippen LogP contribution in [0.3, 0.4) is 0 Å². The highest BCUT2D eigenvalue weighted by Gasteiger charge is 2.27. The summed E-state index contributed by atoms with van der Waals surface area (Å²) in [6, 6.07) is 15.0. The molecule has 6 nitrogen and oxygen atoms in total. The molecule has 1 aliphatic rings. The van der Waals surface area contributed by atoms with Crippen LogP contribution < -0.4 is 10.0 Å². The summed E-state index contributed by atoms with van der Waals surface area (Å²) in [4.78, 5) is 15.1. The van der Waals surface area contributed by atoms with Gasteiger partial charge in [-0.3, -0.25) is 9.52 Å². The van der Waals surface area contributed by atoms with Crippen LogP contribution in [0.5, 0.6) is 0 Å². The Hall–Kier alpha value is -2.09. The number of sulfonamides is 1. The largest absolute Gasteiger partial charge is 0.334 e. The van der Waals surface area contributed by atoms with Gasteiger partial charge in [-0.1, -0.05) is 31.2 Å². The molecule has 1 unspecified atom stereocenters. The van der Waals surface area contributed by atoms with Crippen molar-refractivity contribution in [3.63, 3.8) is 0 Å². The second-order valence-corrected chi connectivity index (χ2v) is 8.33. The van der Waals surface area contributed by atoms with E-state index in [1.165, 1.54) is 12.1 Å². The lowest BCUT2D eigenvalue weighted by molar-refractivity contribution is 0.0692. The summed E-state index contributed by atoms with van der Waals surface area (Å²) >= 11 is 0. The van der Waals surface area contributed by atoms with Crippen LogP contribution in [0.2, 0.25) is 0 Å². The molecule has 0 aromatic heterocycles. The second kappa shape index (κ2) is 9.91. The van der Waals surface area contributed by atoms with E-state index in [1.54, 1.807) is 42.5 Å². The third-order valence-corrected chi connectivity index (χ3v) is 6.01. The number of hydrogen-bond donors (Lipinski definition) is 2. The number of halogens is 1. The highest BCUT2D eigenvalue weighted by molar-refractivity contribution is 7.92. The molecule has 2 N–H and O–H groups in total. The zero-order valence-corrected chi connectivity index (χ0v) is 17.4. The summed E-state index contributed by atoms with van der Waals surface area (Å²) in [6.07, 6.45) is 1.81. The number of amides is 1. The SMILES string of the molecule is CCCN(C(=O)c1cccc(NS(=O)(=O)c2ccccc2)c1)C1CCNC1.Cl. The van der Waals surface area contributed by atoms with Crippen molar-refractivity contribution in [1.29, 1.82) is 0 Å². The van der Waals surface area contributed by atoms with Crippen molar-refractivity contribution in [3.8, 4) is 0 Å². The van der Waals surface area contributed by atoms with Gasteiger partial charge in [-0.25, -0.2) is 8.42 Å². The maximum atomic E-state index is 13.0. The van der Waals surface area contributed by atoms with Crippen molar-refractivity contribution in [2.24, 2.45) is 0 Å². The monoisotopic (exact) mass is 423 g/mol. The Kier molecular flexibility index (Phi) is 7.86. The number of nitrogens with one attached hydrogen (secondary N) is 2. The fourth-order valence-corrected chi connectivity index (χ4v) is 4.36. The average Bonchev–Trinajstić information content (AvgIpc) is 3.20. The Balaban J connectivity index is 0.00000280. The standard InChI is InChI=1S/C20H25N3O3S.ClH/c1-2-13-23(18-11-12-21-15-18)20(24)16-7-6-8-17(14-16)22-27(25,26)19-9-4-3-5-10-19;/h3-10,14,18,21-22H,2,11-13,15H2,1H3;1H. The predicted molar refractivity (Wildman–Crippen MR) is 114 cm³/mol. The third kappa shape index (κ3) is 5.25. The lowest BCUT2D eigenvalue weighted by Crippen LogP contribution is -2.42. The summed E-state index contributed by atoms with van der Waals surface area (Å²) in [5.74, 6) is -0.0636. The van der Waals surface area contributed by atoms with E-state index in [2.05, 4.69) is 10.0 Å². The van der Waals surface area contributed by atoms with Crippen LogP contribution in [0.4, 0.5) is 5.69 Å². The number of benzene rings is 2. The molecule has 0 bridgehead atoms. The van der Waals surface area contributed by atoms with Crippen molar-refractivity contribution >= 4 is 34.0 Å². The Bertz CT molecular complexity index is 885. The normalized spacial score (nSPS) is 16.2. The lowest BCUT2D eigenvalue weighted by atomic mass is 10.1. The first-order valence-corrected chi connectivity index (χ1v) is 10.7. The summed E-state index contributed by atoms with van der Waals surface area (Å²) in [5.41, 5.74) is 0.870. The maximum Gasteiger partial charge on any atom is 0.261 e. The highest BCUT2D eigenvalue weighted by Crippen LogP contribution is 2.20. The van der Waals surface area contributed by atoms with Crippen molar-refractivity contribution in [2.45, 2.75) is 30.7 Å². The molecule has 0 radical (unpaired) electrons. The summed E-state index contributed by atoms with van der Waals surface area (Å²) < 4.78 is 27.6. The number of carbonyl (C=O) groups is 1. The molecule has 1 atom stereocenters. The zero-order valence-electron chi connectivity index (χ0n) is 15.8. The third-order valence-electron chi connectivity index (χ3n) is 4.62. The molecular formula is C20H26ClN3O3S. The maximum absolute atomic E-state index is 13.0. The first kappa shape index (κ1) is 22.2. The molecule has 8 heteroatoms. The smallest absolute Gasteiger partial charge is 0.261 e. The second-order valence-electron chi connectivity index (χ2n) is 6.64. The minimum absolute atomic E-state index is 0. The van der Waals surface area contributed by atoms with Gasteiger partial charge in [0, 0.05) is 30.4 Å². The van der Waals surface area contributed by atoms with Crippen LogP contribution in [0.25, 0.3) is 0 Å². The molecule has 1 heterocycles. The van der Waals surface area contributed by atoms with Gasteiger partial charge in [0.2, 0.25) is 0 Å². The van der Waals surface area contributed by atoms with Crippen LogP contribution in [0, 0.1) is 0 Å². The minimum Gasteiger partial charge on any atom is -0.334 e. The number of hydrogen-bond acceptors (Lipinski definition) is 4. The number of rotatable bonds is 7. The fraction of sp³-hybridized carbons (Fsp3) is 0.350. The van der Waals surface area contributed by atoms with E-state index in [9.17, 15) is 13.2 Å². The number of nitrogens with zero attached hydrogens (tertiary/aromatic N) is 1. The van der Waals surface area contributed by atoms with E-state index in [0.29, 0.717) is 17.8 Å². The van der Waals surface area contributed by atoms with Crippen LogP contribution in [-0.4, -0.2) is 44.9 Å². The molecular weight excluding hydrogens is 398 g/mol. The van der Waals surface area contributed by atoms with Crippen LogP contribution in [0.1, 0.15) is 30.1 Å². The molecule has 0 saturated carbocycles. The van der Waals surface area contributed by atoms with E-state index in [4.69, 9.17) is 0 Å². The molecule has 0 aliphatic carbocycles. The molecule has 1 saturated heterocycles. The Morgan fingerprint density at radius 2 is 1.93 bits per heavy atom. The van der Waals surface area contributed by atoms with Crippen LogP contribution in [0.15, 0.2) is 59.5 Å². The van der Waals surface area contributed by atoms with Gasteiger partial charge in [-0.2, -0.15) is 0 Å².